The van der Waals surface area contributed by atoms with Crippen LogP contribution in [0.3, 0.4) is 0 Å². The Labute approximate surface area is 213 Å². The maximum absolute atomic E-state index is 11.5. The van der Waals surface area contributed by atoms with E-state index in [-0.39, 0.29) is 0 Å². The lowest BCUT2D eigenvalue weighted by atomic mass is 9.87. The molecular weight excluding hydrogens is 480 g/mol. The van der Waals surface area contributed by atoms with E-state index in [0.717, 1.165) is 73.0 Å². The number of hydrogen-bond acceptors (Lipinski definition) is 4. The molecule has 2 aromatic heterocycles. The SMILES string of the molecule is Oc1c2ccccc2c(-c2c3ccccc3c(O)c3sc4ccccc4c23)c2c1sc1ccccc12. The van der Waals surface area contributed by atoms with Crippen molar-refractivity contribution in [2.75, 3.05) is 0 Å². The summed E-state index contributed by atoms with van der Waals surface area (Å²) in [4.78, 5) is 0. The monoisotopic (exact) mass is 498 g/mol. The predicted octanol–water partition coefficient (Wildman–Crippen LogP) is 9.81. The molecule has 0 bridgehead atoms. The van der Waals surface area contributed by atoms with Crippen molar-refractivity contribution in [2.24, 2.45) is 0 Å². The smallest absolute Gasteiger partial charge is 0.141 e. The second-order valence-electron chi connectivity index (χ2n) is 9.14. The molecule has 2 nitrogen and oxygen atoms in total. The molecule has 170 valence electrons. The molecule has 0 aliphatic rings. The maximum atomic E-state index is 11.5. The van der Waals surface area contributed by atoms with E-state index in [9.17, 15) is 10.2 Å². The van der Waals surface area contributed by atoms with Gasteiger partial charge in [-0.3, -0.25) is 0 Å². The van der Waals surface area contributed by atoms with Crippen LogP contribution in [0.1, 0.15) is 0 Å². The highest BCUT2D eigenvalue weighted by Crippen LogP contribution is 2.55. The van der Waals surface area contributed by atoms with Gasteiger partial charge in [0, 0.05) is 52.8 Å². The summed E-state index contributed by atoms with van der Waals surface area (Å²) in [6, 6.07) is 33.0. The van der Waals surface area contributed by atoms with Gasteiger partial charge in [0.25, 0.3) is 0 Å². The maximum Gasteiger partial charge on any atom is 0.141 e. The topological polar surface area (TPSA) is 40.5 Å². The van der Waals surface area contributed by atoms with Gasteiger partial charge in [0.2, 0.25) is 0 Å². The molecule has 2 N–H and O–H groups in total. The van der Waals surface area contributed by atoms with E-state index in [0.29, 0.717) is 11.5 Å². The molecule has 2 heterocycles. The number of phenols is 2. The molecule has 0 amide bonds. The zero-order valence-electron chi connectivity index (χ0n) is 18.9. The fraction of sp³-hybridized carbons (Fsp3) is 0. The summed E-state index contributed by atoms with van der Waals surface area (Å²) in [5, 5.41) is 31.0. The first-order chi connectivity index (χ1) is 17.7. The van der Waals surface area contributed by atoms with Gasteiger partial charge < -0.3 is 10.2 Å². The van der Waals surface area contributed by atoms with Gasteiger partial charge in [-0.15, -0.1) is 22.7 Å². The highest BCUT2D eigenvalue weighted by molar-refractivity contribution is 7.27. The fourth-order valence-electron chi connectivity index (χ4n) is 5.77. The summed E-state index contributed by atoms with van der Waals surface area (Å²) in [5.74, 6) is 0.667. The van der Waals surface area contributed by atoms with Crippen molar-refractivity contribution < 1.29 is 10.2 Å². The van der Waals surface area contributed by atoms with Crippen LogP contribution in [0.25, 0.3) is 73.0 Å². The van der Waals surface area contributed by atoms with Gasteiger partial charge in [-0.25, -0.2) is 0 Å². The third-order valence-corrected chi connectivity index (χ3v) is 9.63. The van der Waals surface area contributed by atoms with Crippen LogP contribution >= 0.6 is 22.7 Å². The van der Waals surface area contributed by atoms with Crippen molar-refractivity contribution in [1.82, 2.24) is 0 Å². The molecule has 0 atom stereocenters. The van der Waals surface area contributed by atoms with Crippen molar-refractivity contribution in [3.05, 3.63) is 97.1 Å². The van der Waals surface area contributed by atoms with Crippen molar-refractivity contribution >= 4 is 84.6 Å². The Morgan fingerprint density at radius 1 is 0.389 bits per heavy atom. The fourth-order valence-corrected chi connectivity index (χ4v) is 8.10. The highest BCUT2D eigenvalue weighted by atomic mass is 32.1. The van der Waals surface area contributed by atoms with Crippen LogP contribution in [0, 0.1) is 0 Å². The number of aromatic hydroxyl groups is 2. The lowest BCUT2D eigenvalue weighted by Crippen LogP contribution is -1.89. The number of hydrogen-bond donors (Lipinski definition) is 2. The second-order valence-corrected chi connectivity index (χ2v) is 11.2. The van der Waals surface area contributed by atoms with Crippen LogP contribution in [0.4, 0.5) is 0 Å². The van der Waals surface area contributed by atoms with E-state index in [2.05, 4.69) is 60.7 Å². The molecule has 36 heavy (non-hydrogen) atoms. The van der Waals surface area contributed by atoms with Gasteiger partial charge in [0.05, 0.1) is 9.40 Å². The van der Waals surface area contributed by atoms with Crippen LogP contribution < -0.4 is 0 Å². The Kier molecular flexibility index (Phi) is 4.02. The molecule has 0 spiro atoms. The first-order valence-corrected chi connectivity index (χ1v) is 13.5. The first kappa shape index (κ1) is 20.1. The molecule has 8 aromatic rings. The van der Waals surface area contributed by atoms with Crippen LogP contribution in [0.15, 0.2) is 97.1 Å². The van der Waals surface area contributed by atoms with E-state index in [1.54, 1.807) is 22.7 Å². The van der Waals surface area contributed by atoms with E-state index >= 15 is 0 Å². The van der Waals surface area contributed by atoms with E-state index in [1.807, 2.05) is 36.4 Å². The van der Waals surface area contributed by atoms with Crippen LogP contribution in [-0.2, 0) is 0 Å². The van der Waals surface area contributed by atoms with Crippen LogP contribution in [-0.4, -0.2) is 10.2 Å². The zero-order valence-corrected chi connectivity index (χ0v) is 20.6. The molecule has 4 heteroatoms. The summed E-state index contributed by atoms with van der Waals surface area (Å²) in [5.41, 5.74) is 2.22. The van der Waals surface area contributed by atoms with Gasteiger partial charge in [0.1, 0.15) is 11.5 Å². The molecular formula is C32H18O2S2. The summed E-state index contributed by atoms with van der Waals surface area (Å²) >= 11 is 3.27. The summed E-state index contributed by atoms with van der Waals surface area (Å²) in [7, 11) is 0. The van der Waals surface area contributed by atoms with Gasteiger partial charge in [0.15, 0.2) is 0 Å². The Balaban J connectivity index is 1.76. The van der Waals surface area contributed by atoms with Gasteiger partial charge in [-0.05, 0) is 22.9 Å². The number of thiophene rings is 2. The highest BCUT2D eigenvalue weighted by Gasteiger charge is 2.25. The van der Waals surface area contributed by atoms with Crippen molar-refractivity contribution in [1.29, 1.82) is 0 Å². The molecule has 0 radical (unpaired) electrons. The van der Waals surface area contributed by atoms with E-state index in [1.165, 1.54) is 0 Å². The van der Waals surface area contributed by atoms with E-state index in [4.69, 9.17) is 0 Å². The number of rotatable bonds is 1. The van der Waals surface area contributed by atoms with Crippen LogP contribution in [0.5, 0.6) is 11.5 Å². The third-order valence-electron chi connectivity index (χ3n) is 7.27. The normalized spacial score (nSPS) is 12.1. The van der Waals surface area contributed by atoms with Crippen molar-refractivity contribution in [3.8, 4) is 22.6 Å². The molecule has 0 saturated carbocycles. The Morgan fingerprint density at radius 2 is 0.722 bits per heavy atom. The lowest BCUT2D eigenvalue weighted by molar-refractivity contribution is 0.488. The summed E-state index contributed by atoms with van der Waals surface area (Å²) in [6.45, 7) is 0. The number of benzene rings is 6. The standard InChI is InChI=1S/C32H18O2S2/c33-29-19-11-3-1-9-17(19)25(27-21-13-5-7-15-23(21)35-31(27)29)26-18-10-2-4-12-20(18)30(34)32-28(26)22-14-6-8-16-24(22)36-32/h1-16,33-34H. The van der Waals surface area contributed by atoms with Gasteiger partial charge in [-0.1, -0.05) is 84.9 Å². The molecule has 0 aliphatic carbocycles. The molecule has 6 aromatic carbocycles. The minimum atomic E-state index is 0.333. The molecule has 0 aliphatic heterocycles. The van der Waals surface area contributed by atoms with Crippen molar-refractivity contribution in [3.63, 3.8) is 0 Å². The Hall–Kier alpha value is -4.12. The van der Waals surface area contributed by atoms with E-state index < -0.39 is 0 Å². The molecule has 0 fully saturated rings. The Bertz CT molecular complexity index is 2030. The zero-order chi connectivity index (χ0) is 24.0. The minimum Gasteiger partial charge on any atom is -0.506 e. The predicted molar refractivity (Wildman–Crippen MR) is 156 cm³/mol. The largest absolute Gasteiger partial charge is 0.506 e. The average molecular weight is 499 g/mol. The molecule has 8 rings (SSSR count). The number of phenolic OH excluding ortho intramolecular Hbond substituents is 2. The first-order valence-electron chi connectivity index (χ1n) is 11.8. The second kappa shape index (κ2) is 7.20. The van der Waals surface area contributed by atoms with Crippen molar-refractivity contribution in [2.45, 2.75) is 0 Å². The van der Waals surface area contributed by atoms with Crippen LogP contribution in [0.2, 0.25) is 0 Å². The lowest BCUT2D eigenvalue weighted by Gasteiger charge is -2.17. The Morgan fingerprint density at radius 3 is 1.14 bits per heavy atom. The van der Waals surface area contributed by atoms with Gasteiger partial charge >= 0.3 is 0 Å². The quantitative estimate of drug-likeness (QED) is 0.236. The minimum absolute atomic E-state index is 0.333. The average Bonchev–Trinajstić information content (AvgIpc) is 3.50. The summed E-state index contributed by atoms with van der Waals surface area (Å²) in [6.07, 6.45) is 0. The molecule has 0 saturated heterocycles. The third kappa shape index (κ3) is 2.50. The molecule has 0 unspecified atom stereocenters. The number of fused-ring (bicyclic) bond motifs is 8. The van der Waals surface area contributed by atoms with Gasteiger partial charge in [-0.2, -0.15) is 0 Å². The summed E-state index contributed by atoms with van der Waals surface area (Å²) < 4.78 is 4.09.